The highest BCUT2D eigenvalue weighted by molar-refractivity contribution is 5.87. The first-order chi connectivity index (χ1) is 10.8. The first-order valence-corrected chi connectivity index (χ1v) is 9.24. The lowest BCUT2D eigenvalue weighted by molar-refractivity contribution is -0.170. The summed E-state index contributed by atoms with van der Waals surface area (Å²) in [6, 6.07) is 0. The number of carbonyl (C=O) groups is 2. The molecule has 1 aliphatic heterocycles. The van der Waals surface area contributed by atoms with Gasteiger partial charge in [-0.1, -0.05) is 13.8 Å². The predicted octanol–water partition coefficient (Wildman–Crippen LogP) is 3.15. The van der Waals surface area contributed by atoms with Crippen molar-refractivity contribution in [1.29, 1.82) is 0 Å². The average molecular weight is 319 g/mol. The Morgan fingerprint density at radius 2 is 1.83 bits per heavy atom. The minimum Gasteiger partial charge on any atom is -0.466 e. The van der Waals surface area contributed by atoms with Gasteiger partial charge < -0.3 is 9.64 Å². The van der Waals surface area contributed by atoms with Gasteiger partial charge in [0, 0.05) is 18.5 Å². The van der Waals surface area contributed by atoms with E-state index < -0.39 is 0 Å². The van der Waals surface area contributed by atoms with Crippen LogP contribution in [0, 0.1) is 22.7 Å². The second-order valence-corrected chi connectivity index (χ2v) is 9.51. The third-order valence-electron chi connectivity index (χ3n) is 6.91. The molecule has 1 amide bonds. The first-order valence-electron chi connectivity index (χ1n) is 9.24. The zero-order valence-corrected chi connectivity index (χ0v) is 14.7. The van der Waals surface area contributed by atoms with E-state index in [0.717, 1.165) is 25.2 Å². The smallest absolute Gasteiger partial charge is 0.311 e. The Kier molecular flexibility index (Phi) is 3.18. The van der Waals surface area contributed by atoms with Crippen LogP contribution in [0.15, 0.2) is 0 Å². The Bertz CT molecular complexity index is 539. The molecule has 4 aliphatic carbocycles. The summed E-state index contributed by atoms with van der Waals surface area (Å²) >= 11 is 0. The zero-order valence-electron chi connectivity index (χ0n) is 14.7. The van der Waals surface area contributed by atoms with Gasteiger partial charge in [0.25, 0.3) is 0 Å². The molecule has 0 spiro atoms. The van der Waals surface area contributed by atoms with Crippen molar-refractivity contribution >= 4 is 11.9 Å². The third-order valence-corrected chi connectivity index (χ3v) is 6.91. The molecule has 1 heterocycles. The molecule has 1 saturated heterocycles. The summed E-state index contributed by atoms with van der Waals surface area (Å²) < 4.78 is 5.16. The Morgan fingerprint density at radius 3 is 2.39 bits per heavy atom. The number of ether oxygens (including phenoxy) is 1. The van der Waals surface area contributed by atoms with E-state index in [-0.39, 0.29) is 23.3 Å². The van der Waals surface area contributed by atoms with Gasteiger partial charge in [-0.15, -0.1) is 0 Å². The van der Waals surface area contributed by atoms with Crippen molar-refractivity contribution in [3.63, 3.8) is 0 Å². The number of rotatable bonds is 3. The van der Waals surface area contributed by atoms with Crippen LogP contribution in [0.1, 0.15) is 65.7 Å². The third kappa shape index (κ3) is 2.32. The molecule has 5 aliphatic rings. The van der Waals surface area contributed by atoms with Gasteiger partial charge >= 0.3 is 5.97 Å². The van der Waals surface area contributed by atoms with Gasteiger partial charge in [0.05, 0.1) is 12.5 Å². The molecule has 0 aromatic rings. The monoisotopic (exact) mass is 319 g/mol. The molecule has 5 fully saturated rings. The van der Waals surface area contributed by atoms with Crippen molar-refractivity contribution < 1.29 is 14.3 Å². The first kappa shape index (κ1) is 15.5. The van der Waals surface area contributed by atoms with Crippen LogP contribution in [-0.4, -0.2) is 35.5 Å². The van der Waals surface area contributed by atoms with Gasteiger partial charge in [0.1, 0.15) is 0 Å². The van der Waals surface area contributed by atoms with E-state index in [1.54, 1.807) is 0 Å². The minimum atomic E-state index is -0.254. The molecule has 5 rings (SSSR count). The summed E-state index contributed by atoms with van der Waals surface area (Å²) in [5.41, 5.74) is 0.786. The van der Waals surface area contributed by atoms with Crippen molar-refractivity contribution in [2.75, 3.05) is 13.2 Å². The highest BCUT2D eigenvalue weighted by Crippen LogP contribution is 2.68. The van der Waals surface area contributed by atoms with Crippen LogP contribution in [0.5, 0.6) is 0 Å². The maximum Gasteiger partial charge on any atom is 0.311 e. The Morgan fingerprint density at radius 1 is 1.17 bits per heavy atom. The van der Waals surface area contributed by atoms with Crippen molar-refractivity contribution in [3.8, 4) is 0 Å². The summed E-state index contributed by atoms with van der Waals surface area (Å²) in [7, 11) is 0. The van der Waals surface area contributed by atoms with Gasteiger partial charge in [-0.25, -0.2) is 0 Å². The maximum absolute atomic E-state index is 12.7. The molecule has 0 radical (unpaired) electrons. The highest BCUT2D eigenvalue weighted by Gasteiger charge is 2.63. The fraction of sp³-hybridized carbons (Fsp3) is 0.895. The zero-order chi connectivity index (χ0) is 16.5. The van der Waals surface area contributed by atoms with Crippen molar-refractivity contribution in [3.05, 3.63) is 0 Å². The van der Waals surface area contributed by atoms with Gasteiger partial charge in [0.2, 0.25) is 5.91 Å². The summed E-state index contributed by atoms with van der Waals surface area (Å²) in [5, 5.41) is 0. The average Bonchev–Trinajstić information content (AvgIpc) is 2.77. The number of nitrogens with zero attached hydrogens (tertiary/aromatic N) is 1. The highest BCUT2D eigenvalue weighted by atomic mass is 16.5. The standard InChI is InChI=1S/C19H29NO3/c1-4-23-16(22)14-5-15(21)20(9-14)19-8-13-6-17(2,11-19)10-18(3,7-13)12-19/h13-14H,4-12H2,1-3H3/t13?,14-,17-,18+,19?/m0/s1. The van der Waals surface area contributed by atoms with Crippen LogP contribution >= 0.6 is 0 Å². The number of amides is 1. The number of hydrogen-bond acceptors (Lipinski definition) is 3. The van der Waals surface area contributed by atoms with E-state index in [1.165, 1.54) is 19.3 Å². The fourth-order valence-electron chi connectivity index (χ4n) is 7.27. The minimum absolute atomic E-state index is 0.0151. The second-order valence-electron chi connectivity index (χ2n) is 9.51. The summed E-state index contributed by atoms with van der Waals surface area (Å²) in [4.78, 5) is 26.9. The Labute approximate surface area is 138 Å². The molecule has 4 heteroatoms. The lowest BCUT2D eigenvalue weighted by Crippen LogP contribution is -2.65. The number of esters is 1. The molecule has 128 valence electrons. The van der Waals surface area contributed by atoms with E-state index in [4.69, 9.17) is 4.74 Å². The van der Waals surface area contributed by atoms with Crippen LogP contribution in [-0.2, 0) is 14.3 Å². The molecular weight excluding hydrogens is 290 g/mol. The van der Waals surface area contributed by atoms with E-state index in [9.17, 15) is 9.59 Å². The van der Waals surface area contributed by atoms with Crippen LogP contribution in [0.3, 0.4) is 0 Å². The SMILES string of the molecule is CCOC(=O)[C@H]1CC(=O)N(C23CC4C[C@@](C)(C2)C[C@](C)(C4)C3)C1. The van der Waals surface area contributed by atoms with E-state index in [0.29, 0.717) is 30.4 Å². The topological polar surface area (TPSA) is 46.6 Å². The Hall–Kier alpha value is -1.06. The molecule has 4 bridgehead atoms. The number of hydrogen-bond donors (Lipinski definition) is 0. The summed E-state index contributed by atoms with van der Waals surface area (Å²) in [5.74, 6) is 0.495. The van der Waals surface area contributed by atoms with E-state index >= 15 is 0 Å². The second kappa shape index (κ2) is 4.73. The van der Waals surface area contributed by atoms with Gasteiger partial charge in [0.15, 0.2) is 0 Å². The quantitative estimate of drug-likeness (QED) is 0.751. The van der Waals surface area contributed by atoms with Crippen LogP contribution in [0.4, 0.5) is 0 Å². The fourth-order valence-corrected chi connectivity index (χ4v) is 7.27. The predicted molar refractivity (Wildman–Crippen MR) is 86.6 cm³/mol. The molecule has 23 heavy (non-hydrogen) atoms. The summed E-state index contributed by atoms with van der Waals surface area (Å²) in [6.45, 7) is 7.65. The van der Waals surface area contributed by atoms with Crippen molar-refractivity contribution in [1.82, 2.24) is 4.90 Å². The molecule has 2 unspecified atom stereocenters. The molecular formula is C19H29NO3. The van der Waals surface area contributed by atoms with Crippen molar-refractivity contribution in [2.24, 2.45) is 22.7 Å². The molecule has 4 saturated carbocycles. The largest absolute Gasteiger partial charge is 0.466 e. The lowest BCUT2D eigenvalue weighted by Gasteiger charge is -2.67. The molecule has 0 aromatic carbocycles. The number of likely N-dealkylation sites (tertiary alicyclic amines) is 1. The molecule has 4 nitrogen and oxygen atoms in total. The summed E-state index contributed by atoms with van der Waals surface area (Å²) in [6.07, 6.45) is 7.72. The van der Waals surface area contributed by atoms with E-state index in [2.05, 4.69) is 18.7 Å². The maximum atomic E-state index is 12.7. The van der Waals surface area contributed by atoms with E-state index in [1.807, 2.05) is 6.92 Å². The van der Waals surface area contributed by atoms with Crippen LogP contribution in [0.25, 0.3) is 0 Å². The van der Waals surface area contributed by atoms with Gasteiger partial charge in [-0.2, -0.15) is 0 Å². The molecule has 5 atom stereocenters. The van der Waals surface area contributed by atoms with Gasteiger partial charge in [-0.3, -0.25) is 9.59 Å². The van der Waals surface area contributed by atoms with Crippen molar-refractivity contribution in [2.45, 2.75) is 71.3 Å². The van der Waals surface area contributed by atoms with Crippen LogP contribution < -0.4 is 0 Å². The van der Waals surface area contributed by atoms with Crippen LogP contribution in [0.2, 0.25) is 0 Å². The molecule has 0 aromatic heterocycles. The Balaban J connectivity index is 1.60. The molecule has 0 N–H and O–H groups in total. The normalized spacial score (nSPS) is 48.1. The number of carbonyl (C=O) groups excluding carboxylic acids is 2. The lowest BCUT2D eigenvalue weighted by atomic mass is 9.42. The van der Waals surface area contributed by atoms with Gasteiger partial charge in [-0.05, 0) is 62.2 Å².